The predicted octanol–water partition coefficient (Wildman–Crippen LogP) is 4.09. The van der Waals surface area contributed by atoms with Crippen LogP contribution >= 0.6 is 0 Å². The summed E-state index contributed by atoms with van der Waals surface area (Å²) >= 11 is 0. The number of hydrogen-bond acceptors (Lipinski definition) is 4. The fourth-order valence-corrected chi connectivity index (χ4v) is 2.45. The van der Waals surface area contributed by atoms with Crippen LogP contribution in [0.15, 0.2) is 42.5 Å². The molecule has 3 N–H and O–H groups in total. The summed E-state index contributed by atoms with van der Waals surface area (Å²) in [6.45, 7) is 6.04. The number of anilines is 2. The number of nitrogens with one attached hydrogen (secondary N) is 3. The van der Waals surface area contributed by atoms with Gasteiger partial charge in [-0.3, -0.25) is 0 Å². The molecule has 1 heterocycles. The van der Waals surface area contributed by atoms with Crippen LogP contribution in [-0.4, -0.2) is 32.2 Å². The minimum atomic E-state index is 0.920. The van der Waals surface area contributed by atoms with Gasteiger partial charge in [0.15, 0.2) is 0 Å². The first-order chi connectivity index (χ1) is 11.2. The van der Waals surface area contributed by atoms with Gasteiger partial charge in [0.2, 0.25) is 0 Å². The van der Waals surface area contributed by atoms with E-state index in [4.69, 9.17) is 4.98 Å². The summed E-state index contributed by atoms with van der Waals surface area (Å²) in [6, 6.07) is 14.9. The van der Waals surface area contributed by atoms with Gasteiger partial charge < -0.3 is 16.0 Å². The van der Waals surface area contributed by atoms with Crippen molar-refractivity contribution in [3.63, 3.8) is 0 Å². The Labute approximate surface area is 138 Å². The van der Waals surface area contributed by atoms with Gasteiger partial charge >= 0.3 is 0 Å². The van der Waals surface area contributed by atoms with Crippen molar-refractivity contribution >= 4 is 33.2 Å². The number of hydrogen-bond donors (Lipinski definition) is 3. The van der Waals surface area contributed by atoms with Crippen molar-refractivity contribution in [3.8, 4) is 0 Å². The molecular formula is C19H26N4. The number of fused-ring (bicyclic) bond motifs is 2. The van der Waals surface area contributed by atoms with Crippen LogP contribution in [0.2, 0.25) is 0 Å². The van der Waals surface area contributed by atoms with Gasteiger partial charge in [0.05, 0.1) is 11.0 Å². The van der Waals surface area contributed by atoms with Gasteiger partial charge in [-0.25, -0.2) is 4.98 Å². The van der Waals surface area contributed by atoms with E-state index in [1.54, 1.807) is 0 Å². The highest BCUT2D eigenvalue weighted by Gasteiger charge is 2.02. The van der Waals surface area contributed by atoms with Crippen molar-refractivity contribution in [2.24, 2.45) is 0 Å². The maximum atomic E-state index is 4.78. The van der Waals surface area contributed by atoms with Crippen LogP contribution in [0, 0.1) is 0 Å². The zero-order valence-corrected chi connectivity index (χ0v) is 14.4. The summed E-state index contributed by atoms with van der Waals surface area (Å²) in [5, 5.41) is 11.8. The molecule has 0 aliphatic carbocycles. The molecule has 122 valence electrons. The Morgan fingerprint density at radius 1 is 0.739 bits per heavy atom. The van der Waals surface area contributed by atoms with Gasteiger partial charge in [0.25, 0.3) is 0 Å². The lowest BCUT2D eigenvalue weighted by Gasteiger charge is -2.08. The zero-order chi connectivity index (χ0) is 16.7. The van der Waals surface area contributed by atoms with E-state index in [9.17, 15) is 0 Å². The first-order valence-electron chi connectivity index (χ1n) is 8.12. The van der Waals surface area contributed by atoms with E-state index >= 15 is 0 Å². The molecule has 2 aromatic carbocycles. The average Bonchev–Trinajstić information content (AvgIpc) is 2.54. The Morgan fingerprint density at radius 3 is 1.57 bits per heavy atom. The van der Waals surface area contributed by atoms with Gasteiger partial charge in [0, 0.05) is 35.2 Å². The Kier molecular flexibility index (Phi) is 6.18. The molecule has 3 rings (SSSR count). The summed E-state index contributed by atoms with van der Waals surface area (Å²) in [4.78, 5) is 4.78. The molecule has 4 heteroatoms. The molecule has 23 heavy (non-hydrogen) atoms. The van der Waals surface area contributed by atoms with E-state index in [2.05, 4.69) is 72.3 Å². The molecule has 0 aliphatic heterocycles. The summed E-state index contributed by atoms with van der Waals surface area (Å²) in [5.74, 6) is 0. The first kappa shape index (κ1) is 17.0. The molecule has 1 aromatic heterocycles. The van der Waals surface area contributed by atoms with Crippen LogP contribution in [0.4, 0.5) is 11.4 Å². The Hall–Kier alpha value is -2.33. The molecule has 0 fully saturated rings. The largest absolute Gasteiger partial charge is 0.385 e. The minimum absolute atomic E-state index is 0.920. The molecule has 0 aliphatic rings. The van der Waals surface area contributed by atoms with Crippen molar-refractivity contribution in [1.29, 1.82) is 0 Å². The smallest absolute Gasteiger partial charge is 0.0730 e. The van der Waals surface area contributed by atoms with Gasteiger partial charge in [0.1, 0.15) is 0 Å². The second-order valence-electron chi connectivity index (χ2n) is 5.36. The molecule has 0 amide bonds. The second kappa shape index (κ2) is 8.34. The van der Waals surface area contributed by atoms with Gasteiger partial charge in [-0.15, -0.1) is 0 Å². The maximum Gasteiger partial charge on any atom is 0.0730 e. The fourth-order valence-electron chi connectivity index (χ4n) is 2.45. The third-order valence-electron chi connectivity index (χ3n) is 3.37. The Bertz CT molecular complexity index is 707. The average molecular weight is 310 g/mol. The molecule has 0 atom stereocenters. The highest BCUT2D eigenvalue weighted by Crippen LogP contribution is 2.24. The Balaban J connectivity index is 0.000000595. The normalized spacial score (nSPS) is 10.3. The number of benzene rings is 2. The van der Waals surface area contributed by atoms with Crippen molar-refractivity contribution < 1.29 is 0 Å². The van der Waals surface area contributed by atoms with E-state index < -0.39 is 0 Å². The number of aromatic nitrogens is 1. The van der Waals surface area contributed by atoms with Crippen LogP contribution < -0.4 is 16.0 Å². The van der Waals surface area contributed by atoms with E-state index in [1.807, 2.05) is 14.1 Å². The van der Waals surface area contributed by atoms with Crippen molar-refractivity contribution in [2.75, 3.05) is 37.8 Å². The second-order valence-corrected chi connectivity index (χ2v) is 5.36. The van der Waals surface area contributed by atoms with Crippen LogP contribution in [0.3, 0.4) is 0 Å². The lowest BCUT2D eigenvalue weighted by Crippen LogP contribution is -1.97. The van der Waals surface area contributed by atoms with E-state index in [0.717, 1.165) is 35.5 Å². The summed E-state index contributed by atoms with van der Waals surface area (Å²) in [6.07, 6.45) is 0. The van der Waals surface area contributed by atoms with E-state index in [1.165, 1.54) is 10.8 Å². The van der Waals surface area contributed by atoms with E-state index in [0.29, 0.717) is 0 Å². The van der Waals surface area contributed by atoms with Crippen molar-refractivity contribution in [1.82, 2.24) is 10.3 Å². The summed E-state index contributed by atoms with van der Waals surface area (Å²) in [7, 11) is 3.75. The quantitative estimate of drug-likeness (QED) is 0.635. The molecule has 0 bridgehead atoms. The van der Waals surface area contributed by atoms with Gasteiger partial charge in [-0.2, -0.15) is 0 Å². The Morgan fingerprint density at radius 2 is 1.17 bits per heavy atom. The van der Waals surface area contributed by atoms with Gasteiger partial charge in [-0.1, -0.05) is 12.1 Å². The van der Waals surface area contributed by atoms with Crippen LogP contribution in [0.1, 0.15) is 13.8 Å². The highest BCUT2D eigenvalue weighted by molar-refractivity contribution is 5.95. The predicted molar refractivity (Wildman–Crippen MR) is 103 cm³/mol. The minimum Gasteiger partial charge on any atom is -0.385 e. The van der Waals surface area contributed by atoms with Crippen molar-refractivity contribution in [2.45, 2.75) is 13.8 Å². The van der Waals surface area contributed by atoms with Crippen LogP contribution in [0.5, 0.6) is 0 Å². The zero-order valence-electron chi connectivity index (χ0n) is 14.4. The molecule has 0 saturated heterocycles. The van der Waals surface area contributed by atoms with Crippen LogP contribution in [0.25, 0.3) is 21.8 Å². The summed E-state index contributed by atoms with van der Waals surface area (Å²) < 4.78 is 0. The third-order valence-corrected chi connectivity index (χ3v) is 3.37. The molecule has 0 unspecified atom stereocenters. The monoisotopic (exact) mass is 310 g/mol. The lowest BCUT2D eigenvalue weighted by atomic mass is 10.1. The molecule has 0 spiro atoms. The van der Waals surface area contributed by atoms with E-state index in [-0.39, 0.29) is 0 Å². The molecule has 3 aromatic rings. The topological polar surface area (TPSA) is 49.0 Å². The van der Waals surface area contributed by atoms with Crippen LogP contribution in [-0.2, 0) is 0 Å². The molecule has 0 saturated carbocycles. The first-order valence-corrected chi connectivity index (χ1v) is 8.12. The lowest BCUT2D eigenvalue weighted by molar-refractivity contribution is 1.02. The van der Waals surface area contributed by atoms with Crippen molar-refractivity contribution in [3.05, 3.63) is 42.5 Å². The molecular weight excluding hydrogens is 284 g/mol. The SMILES string of the molecule is CCNc1ccc2cc3ccc(NCC)cc3nc2c1.CNC. The van der Waals surface area contributed by atoms with Gasteiger partial charge in [-0.05, 0) is 58.3 Å². The fraction of sp³-hybridized carbons (Fsp3) is 0.316. The highest BCUT2D eigenvalue weighted by atomic mass is 14.9. The molecule has 0 radical (unpaired) electrons. The molecule has 4 nitrogen and oxygen atoms in total. The number of rotatable bonds is 4. The number of nitrogens with zero attached hydrogens (tertiary/aromatic N) is 1. The number of pyridine rings is 1. The third kappa shape index (κ3) is 4.33. The maximum absolute atomic E-state index is 4.78. The standard InChI is InChI=1S/C17H19N3.C2H7N/c1-3-18-14-7-5-12-9-13-6-8-15(19-4-2)11-17(13)20-16(12)10-14;1-3-2/h5-11,18-19H,3-4H2,1-2H3;3H,1-2H3. The summed E-state index contributed by atoms with van der Waals surface area (Å²) in [5.41, 5.74) is 4.30.